The topological polar surface area (TPSA) is 93.0 Å². The van der Waals surface area contributed by atoms with Crippen molar-refractivity contribution in [3.63, 3.8) is 0 Å². The van der Waals surface area contributed by atoms with Crippen LogP contribution in [-0.4, -0.2) is 51.0 Å². The molecule has 0 spiro atoms. The summed E-state index contributed by atoms with van der Waals surface area (Å²) in [6.45, 7) is 1.44. The maximum atomic E-state index is 13.2. The third kappa shape index (κ3) is 4.44. The first-order valence-electron chi connectivity index (χ1n) is 8.61. The minimum Gasteiger partial charge on any atom is -0.379 e. The molecule has 0 saturated carbocycles. The van der Waals surface area contributed by atoms with Crippen molar-refractivity contribution >= 4 is 33.0 Å². The second-order valence-electron chi connectivity index (χ2n) is 6.41. The minimum atomic E-state index is -3.91. The first-order chi connectivity index (χ1) is 13.3. The van der Waals surface area contributed by atoms with Gasteiger partial charge in [0, 0.05) is 43.8 Å². The fraction of sp³-hybridized carbons (Fsp3) is 0.333. The number of hydrogen-bond acceptors (Lipinski definition) is 6. The van der Waals surface area contributed by atoms with Crippen LogP contribution in [0.5, 0.6) is 0 Å². The minimum absolute atomic E-state index is 0.0833. The molecule has 0 unspecified atom stereocenters. The van der Waals surface area contributed by atoms with E-state index in [2.05, 4.69) is 0 Å². The van der Waals surface area contributed by atoms with E-state index in [9.17, 15) is 18.5 Å². The number of benzene rings is 2. The van der Waals surface area contributed by atoms with Crippen LogP contribution in [-0.2, 0) is 21.3 Å². The second kappa shape index (κ2) is 8.44. The van der Waals surface area contributed by atoms with E-state index in [0.29, 0.717) is 30.5 Å². The number of morpholine rings is 1. The molecular weight excluding hydrogens is 406 g/mol. The molecule has 0 aromatic heterocycles. The van der Waals surface area contributed by atoms with Crippen LogP contribution in [0.25, 0.3) is 0 Å². The van der Waals surface area contributed by atoms with E-state index < -0.39 is 14.9 Å². The van der Waals surface area contributed by atoms with Gasteiger partial charge in [-0.05, 0) is 23.8 Å². The smallest absolute Gasteiger partial charge is 0.270 e. The summed E-state index contributed by atoms with van der Waals surface area (Å²) in [6, 6.07) is 11.1. The number of ether oxygens (including phenoxy) is 1. The number of nitro benzene ring substituents is 1. The zero-order valence-electron chi connectivity index (χ0n) is 15.2. The number of rotatable bonds is 6. The van der Waals surface area contributed by atoms with Crippen LogP contribution in [0.3, 0.4) is 0 Å². The molecular formula is C18H20ClN3O5S. The molecule has 0 atom stereocenters. The van der Waals surface area contributed by atoms with E-state index in [-0.39, 0.29) is 23.7 Å². The van der Waals surface area contributed by atoms with E-state index in [1.165, 1.54) is 16.4 Å². The predicted octanol–water partition coefficient (Wildman–Crippen LogP) is 2.91. The Kier molecular flexibility index (Phi) is 6.19. The number of nitrogens with zero attached hydrogens (tertiary/aromatic N) is 3. The standard InChI is InChI=1S/C18H20ClN3O5S/c1-20(13-14-2-4-15(19)5-3-14)17-7-6-16(22(23)24)12-18(17)28(25,26)21-8-10-27-11-9-21/h2-7,12H,8-11,13H2,1H3. The lowest BCUT2D eigenvalue weighted by Crippen LogP contribution is -2.41. The molecule has 0 radical (unpaired) electrons. The molecule has 0 bridgehead atoms. The molecule has 2 aromatic carbocycles. The first kappa shape index (κ1) is 20.5. The Morgan fingerprint density at radius 2 is 1.82 bits per heavy atom. The van der Waals surface area contributed by atoms with Crippen LogP contribution in [0.4, 0.5) is 11.4 Å². The number of anilines is 1. The van der Waals surface area contributed by atoms with Gasteiger partial charge in [-0.15, -0.1) is 0 Å². The maximum absolute atomic E-state index is 13.2. The Morgan fingerprint density at radius 3 is 2.43 bits per heavy atom. The first-order valence-corrected chi connectivity index (χ1v) is 10.4. The summed E-state index contributed by atoms with van der Waals surface area (Å²) < 4.78 is 32.9. The molecule has 0 N–H and O–H groups in total. The Hall–Kier alpha value is -2.20. The van der Waals surface area contributed by atoms with Crippen molar-refractivity contribution < 1.29 is 18.1 Å². The lowest BCUT2D eigenvalue weighted by Gasteiger charge is -2.29. The van der Waals surface area contributed by atoms with Crippen LogP contribution in [0.15, 0.2) is 47.4 Å². The molecule has 150 valence electrons. The highest BCUT2D eigenvalue weighted by molar-refractivity contribution is 7.89. The normalized spacial score (nSPS) is 15.4. The van der Waals surface area contributed by atoms with Crippen molar-refractivity contribution in [3.05, 3.63) is 63.2 Å². The van der Waals surface area contributed by atoms with Gasteiger partial charge < -0.3 is 9.64 Å². The van der Waals surface area contributed by atoms with Crippen LogP contribution >= 0.6 is 11.6 Å². The average Bonchev–Trinajstić information content (AvgIpc) is 2.69. The number of hydrogen-bond donors (Lipinski definition) is 0. The molecule has 1 aliphatic rings. The Bertz CT molecular complexity index is 960. The fourth-order valence-electron chi connectivity index (χ4n) is 3.01. The summed E-state index contributed by atoms with van der Waals surface area (Å²) in [4.78, 5) is 12.3. The highest BCUT2D eigenvalue weighted by Gasteiger charge is 2.31. The molecule has 0 aliphatic carbocycles. The third-order valence-electron chi connectivity index (χ3n) is 4.49. The van der Waals surface area contributed by atoms with E-state index in [1.54, 1.807) is 24.1 Å². The number of nitro groups is 1. The van der Waals surface area contributed by atoms with Gasteiger partial charge in [0.1, 0.15) is 4.90 Å². The molecule has 1 saturated heterocycles. The van der Waals surface area contributed by atoms with Gasteiger partial charge >= 0.3 is 0 Å². The van der Waals surface area contributed by atoms with Gasteiger partial charge in [0.15, 0.2) is 0 Å². The van der Waals surface area contributed by atoms with Crippen LogP contribution in [0, 0.1) is 10.1 Å². The zero-order valence-corrected chi connectivity index (χ0v) is 16.8. The van der Waals surface area contributed by atoms with Crippen molar-refractivity contribution in [3.8, 4) is 0 Å². The van der Waals surface area contributed by atoms with Gasteiger partial charge in [-0.3, -0.25) is 10.1 Å². The summed E-state index contributed by atoms with van der Waals surface area (Å²) in [6.07, 6.45) is 0. The lowest BCUT2D eigenvalue weighted by atomic mass is 10.2. The summed E-state index contributed by atoms with van der Waals surface area (Å²) >= 11 is 5.91. The number of non-ortho nitro benzene ring substituents is 1. The molecule has 0 amide bonds. The summed E-state index contributed by atoms with van der Waals surface area (Å²) in [5.74, 6) is 0. The van der Waals surface area contributed by atoms with Gasteiger partial charge in [0.2, 0.25) is 10.0 Å². The molecule has 2 aromatic rings. The summed E-state index contributed by atoms with van der Waals surface area (Å²) in [5, 5.41) is 11.8. The van der Waals surface area contributed by atoms with Gasteiger partial charge in [-0.2, -0.15) is 4.31 Å². The van der Waals surface area contributed by atoms with Crippen LogP contribution in [0.1, 0.15) is 5.56 Å². The molecule has 8 nitrogen and oxygen atoms in total. The highest BCUT2D eigenvalue weighted by Crippen LogP contribution is 2.32. The van der Waals surface area contributed by atoms with Gasteiger partial charge in [0.25, 0.3) is 5.69 Å². The quantitative estimate of drug-likeness (QED) is 0.521. The van der Waals surface area contributed by atoms with Crippen molar-refractivity contribution in [2.24, 2.45) is 0 Å². The van der Waals surface area contributed by atoms with E-state index >= 15 is 0 Å². The van der Waals surface area contributed by atoms with E-state index in [1.807, 2.05) is 12.1 Å². The highest BCUT2D eigenvalue weighted by atomic mass is 35.5. The van der Waals surface area contributed by atoms with E-state index in [0.717, 1.165) is 11.6 Å². The third-order valence-corrected chi connectivity index (χ3v) is 6.67. The molecule has 1 fully saturated rings. The lowest BCUT2D eigenvalue weighted by molar-refractivity contribution is -0.385. The van der Waals surface area contributed by atoms with Gasteiger partial charge in [-0.25, -0.2) is 8.42 Å². The van der Waals surface area contributed by atoms with E-state index in [4.69, 9.17) is 16.3 Å². The Morgan fingerprint density at radius 1 is 1.18 bits per heavy atom. The van der Waals surface area contributed by atoms with Gasteiger partial charge in [0.05, 0.1) is 23.8 Å². The molecule has 10 heteroatoms. The van der Waals surface area contributed by atoms with Gasteiger partial charge in [-0.1, -0.05) is 23.7 Å². The Balaban J connectivity index is 2.00. The average molecular weight is 426 g/mol. The SMILES string of the molecule is CN(Cc1ccc(Cl)cc1)c1ccc([N+](=O)[O-])cc1S(=O)(=O)N1CCOCC1. The molecule has 3 rings (SSSR count). The van der Waals surface area contributed by atoms with Crippen molar-refractivity contribution in [2.75, 3.05) is 38.3 Å². The number of halogens is 1. The molecule has 28 heavy (non-hydrogen) atoms. The largest absolute Gasteiger partial charge is 0.379 e. The maximum Gasteiger partial charge on any atom is 0.270 e. The summed E-state index contributed by atoms with van der Waals surface area (Å²) in [7, 11) is -2.16. The number of sulfonamides is 1. The molecule has 1 aliphatic heterocycles. The van der Waals surface area contributed by atoms with Crippen LogP contribution < -0.4 is 4.90 Å². The van der Waals surface area contributed by atoms with Crippen molar-refractivity contribution in [1.29, 1.82) is 0 Å². The Labute approximate surface area is 168 Å². The molecule has 1 heterocycles. The van der Waals surface area contributed by atoms with Crippen LogP contribution in [0.2, 0.25) is 5.02 Å². The fourth-order valence-corrected chi connectivity index (χ4v) is 4.81. The zero-order chi connectivity index (χ0) is 20.3. The summed E-state index contributed by atoms with van der Waals surface area (Å²) in [5.41, 5.74) is 1.06. The van der Waals surface area contributed by atoms with Crippen molar-refractivity contribution in [2.45, 2.75) is 11.4 Å². The monoisotopic (exact) mass is 425 g/mol. The predicted molar refractivity (Wildman–Crippen MR) is 106 cm³/mol. The van der Waals surface area contributed by atoms with Crippen molar-refractivity contribution in [1.82, 2.24) is 4.31 Å². The second-order valence-corrected chi connectivity index (χ2v) is 8.75.